The molecule has 0 aliphatic heterocycles. The maximum atomic E-state index is 9.48. The van der Waals surface area contributed by atoms with Crippen molar-refractivity contribution in [1.29, 1.82) is 0 Å². The lowest BCUT2D eigenvalue weighted by molar-refractivity contribution is 0.202. The number of nitrogen functional groups attached to an aromatic ring is 1. The first kappa shape index (κ1) is 12.8. The summed E-state index contributed by atoms with van der Waals surface area (Å²) in [6.45, 7) is 6.30. The molecular weight excluding hydrogens is 200 g/mol. The number of aliphatic hydroxyl groups excluding tert-OH is 1. The molecule has 0 heterocycles. The summed E-state index contributed by atoms with van der Waals surface area (Å²) in [7, 11) is 0. The molecule has 1 rings (SSSR count). The van der Waals surface area contributed by atoms with E-state index < -0.39 is 0 Å². The Bertz CT molecular complexity index is 317. The average Bonchev–Trinajstić information content (AvgIpc) is 2.25. The molecule has 16 heavy (non-hydrogen) atoms. The zero-order valence-electron chi connectivity index (χ0n) is 10.4. The second kappa shape index (κ2) is 5.21. The van der Waals surface area contributed by atoms with Crippen molar-refractivity contribution in [3.63, 3.8) is 0 Å². The van der Waals surface area contributed by atoms with Gasteiger partial charge in [-0.25, -0.2) is 0 Å². The molecule has 0 aromatic heterocycles. The first-order valence-electron chi connectivity index (χ1n) is 5.81. The fourth-order valence-electron chi connectivity index (χ4n) is 1.88. The Labute approximate surface area is 97.7 Å². The van der Waals surface area contributed by atoms with Crippen LogP contribution in [0.25, 0.3) is 0 Å². The van der Waals surface area contributed by atoms with Gasteiger partial charge in [0.2, 0.25) is 0 Å². The Morgan fingerprint density at radius 3 is 2.31 bits per heavy atom. The van der Waals surface area contributed by atoms with E-state index >= 15 is 0 Å². The Hall–Kier alpha value is -1.22. The van der Waals surface area contributed by atoms with Gasteiger partial charge in [0.15, 0.2) is 0 Å². The smallest absolute Gasteiger partial charge is 0.0661 e. The molecule has 3 heteroatoms. The molecule has 1 aromatic rings. The van der Waals surface area contributed by atoms with Crippen LogP contribution in [-0.2, 0) is 0 Å². The molecule has 0 radical (unpaired) electrons. The summed E-state index contributed by atoms with van der Waals surface area (Å²) in [5.41, 5.74) is 8.42. The number of nitrogens with two attached hydrogens (primary N) is 1. The van der Waals surface area contributed by atoms with Crippen molar-refractivity contribution in [3.05, 3.63) is 23.8 Å². The van der Waals surface area contributed by atoms with Gasteiger partial charge in [-0.2, -0.15) is 0 Å². The van der Waals surface area contributed by atoms with Crippen LogP contribution in [0.15, 0.2) is 18.2 Å². The largest absolute Gasteiger partial charge is 0.399 e. The monoisotopic (exact) mass is 222 g/mol. The van der Waals surface area contributed by atoms with Gasteiger partial charge in [-0.1, -0.05) is 13.8 Å². The van der Waals surface area contributed by atoms with Gasteiger partial charge >= 0.3 is 0 Å². The van der Waals surface area contributed by atoms with Crippen LogP contribution >= 0.6 is 0 Å². The van der Waals surface area contributed by atoms with E-state index in [0.29, 0.717) is 0 Å². The van der Waals surface area contributed by atoms with Gasteiger partial charge in [0.1, 0.15) is 0 Å². The predicted molar refractivity (Wildman–Crippen MR) is 69.6 cm³/mol. The molecular formula is C13H22N2O. The molecule has 0 saturated heterocycles. The van der Waals surface area contributed by atoms with Crippen LogP contribution in [0.2, 0.25) is 0 Å². The van der Waals surface area contributed by atoms with E-state index in [2.05, 4.69) is 19.2 Å². The van der Waals surface area contributed by atoms with E-state index in [1.54, 1.807) is 0 Å². The predicted octanol–water partition coefficient (Wildman–Crippen LogP) is 2.54. The summed E-state index contributed by atoms with van der Waals surface area (Å²) in [4.78, 5) is 0. The average molecular weight is 222 g/mol. The summed E-state index contributed by atoms with van der Waals surface area (Å²) in [5.74, 6) is 0. The number of anilines is 2. The molecule has 0 bridgehead atoms. The van der Waals surface area contributed by atoms with Crippen molar-refractivity contribution in [1.82, 2.24) is 0 Å². The molecule has 1 aromatic carbocycles. The zero-order valence-corrected chi connectivity index (χ0v) is 10.4. The summed E-state index contributed by atoms with van der Waals surface area (Å²) in [6.07, 6.45) is 1.77. The third kappa shape index (κ3) is 2.89. The second-order valence-corrected chi connectivity index (χ2v) is 4.40. The van der Waals surface area contributed by atoms with E-state index in [9.17, 15) is 5.11 Å². The normalized spacial score (nSPS) is 11.5. The van der Waals surface area contributed by atoms with Gasteiger partial charge < -0.3 is 16.2 Å². The molecule has 0 spiro atoms. The van der Waals surface area contributed by atoms with Crippen LogP contribution in [0.1, 0.15) is 32.3 Å². The summed E-state index contributed by atoms with van der Waals surface area (Å²) < 4.78 is 0. The van der Waals surface area contributed by atoms with E-state index in [0.717, 1.165) is 29.8 Å². The van der Waals surface area contributed by atoms with E-state index in [1.807, 2.05) is 25.1 Å². The minimum Gasteiger partial charge on any atom is -0.399 e. The Balaban J connectivity index is 2.93. The van der Waals surface area contributed by atoms with Gasteiger partial charge in [-0.3, -0.25) is 0 Å². The Morgan fingerprint density at radius 2 is 1.88 bits per heavy atom. The molecule has 0 saturated carbocycles. The standard InChI is InChI=1S/C13H22N2O/c1-4-13(5-2,9-16)15-12-7-10(3)6-11(14)8-12/h6-8,15-16H,4-5,9,14H2,1-3H3. The van der Waals surface area contributed by atoms with Gasteiger partial charge in [-0.15, -0.1) is 0 Å². The third-order valence-corrected chi connectivity index (χ3v) is 3.17. The molecule has 0 aliphatic carbocycles. The highest BCUT2D eigenvalue weighted by Gasteiger charge is 2.24. The van der Waals surface area contributed by atoms with E-state index in [1.165, 1.54) is 0 Å². The van der Waals surface area contributed by atoms with Crippen LogP contribution in [0.5, 0.6) is 0 Å². The zero-order chi connectivity index (χ0) is 12.2. The topological polar surface area (TPSA) is 58.3 Å². The third-order valence-electron chi connectivity index (χ3n) is 3.17. The van der Waals surface area contributed by atoms with Crippen LogP contribution in [0.3, 0.4) is 0 Å². The first-order valence-corrected chi connectivity index (χ1v) is 5.81. The van der Waals surface area contributed by atoms with Crippen LogP contribution in [-0.4, -0.2) is 17.3 Å². The fraction of sp³-hybridized carbons (Fsp3) is 0.538. The van der Waals surface area contributed by atoms with Gasteiger partial charge in [0.05, 0.1) is 12.1 Å². The number of hydrogen-bond acceptors (Lipinski definition) is 3. The summed E-state index contributed by atoms with van der Waals surface area (Å²) in [5, 5.41) is 12.9. The van der Waals surface area contributed by atoms with Crippen molar-refractivity contribution < 1.29 is 5.11 Å². The highest BCUT2D eigenvalue weighted by molar-refractivity contribution is 5.57. The Morgan fingerprint density at radius 1 is 1.25 bits per heavy atom. The maximum Gasteiger partial charge on any atom is 0.0661 e. The van der Waals surface area contributed by atoms with E-state index in [4.69, 9.17) is 5.73 Å². The quantitative estimate of drug-likeness (QED) is 0.671. The lowest BCUT2D eigenvalue weighted by atomic mass is 9.93. The molecule has 4 N–H and O–H groups in total. The minimum atomic E-state index is -0.236. The SMILES string of the molecule is CCC(CC)(CO)Nc1cc(C)cc(N)c1. The number of aliphatic hydroxyl groups is 1. The molecule has 0 aliphatic rings. The highest BCUT2D eigenvalue weighted by atomic mass is 16.3. The van der Waals surface area contributed by atoms with Crippen molar-refractivity contribution in [3.8, 4) is 0 Å². The lowest BCUT2D eigenvalue weighted by Crippen LogP contribution is -2.40. The molecule has 0 atom stereocenters. The van der Waals surface area contributed by atoms with Crippen LogP contribution in [0, 0.1) is 6.92 Å². The first-order chi connectivity index (χ1) is 7.55. The maximum absolute atomic E-state index is 9.48. The van der Waals surface area contributed by atoms with Gasteiger partial charge in [0, 0.05) is 11.4 Å². The van der Waals surface area contributed by atoms with Crippen molar-refractivity contribution in [2.24, 2.45) is 0 Å². The number of nitrogens with one attached hydrogen (secondary N) is 1. The Kier molecular flexibility index (Phi) is 4.19. The number of hydrogen-bond donors (Lipinski definition) is 3. The number of benzene rings is 1. The van der Waals surface area contributed by atoms with Gasteiger partial charge in [0.25, 0.3) is 0 Å². The molecule has 90 valence electrons. The molecule has 0 amide bonds. The number of aryl methyl sites for hydroxylation is 1. The van der Waals surface area contributed by atoms with E-state index in [-0.39, 0.29) is 12.1 Å². The summed E-state index contributed by atoms with van der Waals surface area (Å²) in [6, 6.07) is 5.89. The summed E-state index contributed by atoms with van der Waals surface area (Å²) >= 11 is 0. The highest BCUT2D eigenvalue weighted by Crippen LogP contribution is 2.24. The van der Waals surface area contributed by atoms with Crippen molar-refractivity contribution in [2.45, 2.75) is 39.2 Å². The molecule has 0 unspecified atom stereocenters. The van der Waals surface area contributed by atoms with Crippen molar-refractivity contribution >= 4 is 11.4 Å². The minimum absolute atomic E-state index is 0.133. The molecule has 3 nitrogen and oxygen atoms in total. The second-order valence-electron chi connectivity index (χ2n) is 4.40. The van der Waals surface area contributed by atoms with Crippen molar-refractivity contribution in [2.75, 3.05) is 17.7 Å². The fourth-order valence-corrected chi connectivity index (χ4v) is 1.88. The van der Waals surface area contributed by atoms with Gasteiger partial charge in [-0.05, 0) is 43.5 Å². The molecule has 0 fully saturated rings. The number of rotatable bonds is 5. The van der Waals surface area contributed by atoms with Crippen LogP contribution < -0.4 is 11.1 Å². The lowest BCUT2D eigenvalue weighted by Gasteiger charge is -2.32. The van der Waals surface area contributed by atoms with Crippen LogP contribution in [0.4, 0.5) is 11.4 Å².